The third kappa shape index (κ3) is 7.93. The van der Waals surface area contributed by atoms with Gasteiger partial charge in [-0.15, -0.1) is 0 Å². The van der Waals surface area contributed by atoms with Gasteiger partial charge in [0.25, 0.3) is 0 Å². The topological polar surface area (TPSA) is 68.8 Å². The second-order valence-electron chi connectivity index (χ2n) is 7.13. The van der Waals surface area contributed by atoms with Crippen molar-refractivity contribution in [3.8, 4) is 17.2 Å². The molecule has 0 saturated heterocycles. The molecular weight excluding hydrogens is 392 g/mol. The summed E-state index contributed by atoms with van der Waals surface area (Å²) in [5.41, 5.74) is 1.56. The average Bonchev–Trinajstić information content (AvgIpc) is 2.78. The first-order valence-corrected chi connectivity index (χ1v) is 10.3. The lowest BCUT2D eigenvalue weighted by atomic mass is 10.3. The summed E-state index contributed by atoms with van der Waals surface area (Å²) in [6.07, 6.45) is 0.115. The summed E-state index contributed by atoms with van der Waals surface area (Å²) in [4.78, 5) is 12.2. The molecule has 31 heavy (non-hydrogen) atoms. The smallest absolute Gasteiger partial charge is 0.243 e. The fraction of sp³-hybridized carbons (Fsp3) is 0.240. The fourth-order valence-corrected chi connectivity index (χ4v) is 2.78. The number of hydrogen-bond acceptors (Lipinski definition) is 5. The van der Waals surface area contributed by atoms with Crippen LogP contribution in [-0.4, -0.2) is 31.8 Å². The summed E-state index contributed by atoms with van der Waals surface area (Å²) in [6.45, 7) is 5.02. The molecule has 3 aromatic carbocycles. The van der Waals surface area contributed by atoms with E-state index in [1.54, 1.807) is 0 Å². The highest BCUT2D eigenvalue weighted by Gasteiger charge is 2.04. The lowest BCUT2D eigenvalue weighted by Gasteiger charge is -2.11. The summed E-state index contributed by atoms with van der Waals surface area (Å²) in [7, 11) is 0. The number of hydrogen-bond donors (Lipinski definition) is 2. The van der Waals surface area contributed by atoms with E-state index in [1.807, 2.05) is 92.7 Å². The van der Waals surface area contributed by atoms with E-state index in [9.17, 15) is 4.79 Å². The number of benzene rings is 3. The van der Waals surface area contributed by atoms with Crippen molar-refractivity contribution in [3.05, 3.63) is 78.9 Å². The van der Waals surface area contributed by atoms with Crippen LogP contribution in [0.4, 0.5) is 11.4 Å². The first kappa shape index (κ1) is 22.0. The molecule has 1 amide bonds. The number of nitrogens with one attached hydrogen (secondary N) is 2. The Labute approximate surface area is 183 Å². The Morgan fingerprint density at radius 2 is 1.29 bits per heavy atom. The van der Waals surface area contributed by atoms with E-state index in [4.69, 9.17) is 14.2 Å². The number of ether oxygens (including phenoxy) is 3. The zero-order valence-electron chi connectivity index (χ0n) is 17.8. The van der Waals surface area contributed by atoms with Crippen LogP contribution < -0.4 is 24.8 Å². The Kier molecular flexibility index (Phi) is 8.17. The van der Waals surface area contributed by atoms with E-state index in [1.165, 1.54) is 0 Å². The molecule has 0 fully saturated rings. The summed E-state index contributed by atoms with van der Waals surface area (Å²) in [5.74, 6) is 2.22. The van der Waals surface area contributed by atoms with Crippen molar-refractivity contribution in [2.75, 3.05) is 30.4 Å². The minimum Gasteiger partial charge on any atom is -0.491 e. The number of carbonyl (C=O) groups excluding carboxylic acids is 1. The average molecular weight is 421 g/mol. The predicted octanol–water partition coefficient (Wildman–Crippen LogP) is 4.98. The van der Waals surface area contributed by atoms with Gasteiger partial charge in [0.2, 0.25) is 5.91 Å². The molecule has 0 heterocycles. The van der Waals surface area contributed by atoms with E-state index >= 15 is 0 Å². The Hall–Kier alpha value is -3.67. The molecule has 2 N–H and O–H groups in total. The highest BCUT2D eigenvalue weighted by Crippen LogP contribution is 2.18. The monoisotopic (exact) mass is 420 g/mol. The van der Waals surface area contributed by atoms with Crippen LogP contribution in [0, 0.1) is 0 Å². The summed E-state index contributed by atoms with van der Waals surface area (Å²) in [5, 5.41) is 5.96. The number of rotatable bonds is 11. The van der Waals surface area contributed by atoms with E-state index in [2.05, 4.69) is 10.6 Å². The number of carbonyl (C=O) groups is 1. The zero-order valence-corrected chi connectivity index (χ0v) is 17.8. The molecule has 0 bridgehead atoms. The summed E-state index contributed by atoms with van der Waals surface area (Å²) < 4.78 is 16.9. The number of amides is 1. The van der Waals surface area contributed by atoms with Gasteiger partial charge < -0.3 is 24.8 Å². The highest BCUT2D eigenvalue weighted by atomic mass is 16.5. The maximum Gasteiger partial charge on any atom is 0.243 e. The maximum absolute atomic E-state index is 12.2. The van der Waals surface area contributed by atoms with Crippen LogP contribution >= 0.6 is 0 Å². The van der Waals surface area contributed by atoms with Gasteiger partial charge in [-0.25, -0.2) is 0 Å². The fourth-order valence-electron chi connectivity index (χ4n) is 2.78. The lowest BCUT2D eigenvalue weighted by Crippen LogP contribution is -2.21. The first-order chi connectivity index (χ1) is 15.1. The lowest BCUT2D eigenvalue weighted by molar-refractivity contribution is -0.114. The van der Waals surface area contributed by atoms with E-state index in [-0.39, 0.29) is 18.6 Å². The Balaban J connectivity index is 1.36. The largest absolute Gasteiger partial charge is 0.491 e. The SMILES string of the molecule is CC(C)Oc1ccc(NC(=O)CNc2ccc(OCCOc3ccccc3)cc2)cc1. The number of anilines is 2. The van der Waals surface area contributed by atoms with E-state index < -0.39 is 0 Å². The molecule has 3 rings (SSSR count). The van der Waals surface area contributed by atoms with Crippen LogP contribution in [0.15, 0.2) is 78.9 Å². The van der Waals surface area contributed by atoms with E-state index in [0.717, 1.165) is 28.6 Å². The Morgan fingerprint density at radius 3 is 1.90 bits per heavy atom. The van der Waals surface area contributed by atoms with Gasteiger partial charge in [0.05, 0.1) is 12.6 Å². The molecule has 0 radical (unpaired) electrons. The molecule has 162 valence electrons. The molecule has 0 aliphatic carbocycles. The van der Waals surface area contributed by atoms with Crippen molar-refractivity contribution in [2.45, 2.75) is 20.0 Å². The molecule has 3 aromatic rings. The molecule has 6 heteroatoms. The zero-order chi connectivity index (χ0) is 21.9. The number of para-hydroxylation sites is 1. The maximum atomic E-state index is 12.2. The standard InChI is InChI=1S/C25H28N2O4/c1-19(2)31-24-14-10-21(11-15-24)27-25(28)18-26-20-8-12-23(13-9-20)30-17-16-29-22-6-4-3-5-7-22/h3-15,19,26H,16-18H2,1-2H3,(H,27,28). The Bertz CT molecular complexity index is 926. The van der Waals surface area contributed by atoms with Gasteiger partial charge in [0.1, 0.15) is 30.5 Å². The second-order valence-corrected chi connectivity index (χ2v) is 7.13. The van der Waals surface area contributed by atoms with Crippen molar-refractivity contribution in [1.82, 2.24) is 0 Å². The summed E-state index contributed by atoms with van der Waals surface area (Å²) in [6, 6.07) is 24.4. The molecule has 6 nitrogen and oxygen atoms in total. The van der Waals surface area contributed by atoms with Gasteiger partial charge in [-0.3, -0.25) is 4.79 Å². The van der Waals surface area contributed by atoms with Crippen molar-refractivity contribution < 1.29 is 19.0 Å². The van der Waals surface area contributed by atoms with Gasteiger partial charge in [-0.2, -0.15) is 0 Å². The molecule has 0 atom stereocenters. The molecule has 0 spiro atoms. The highest BCUT2D eigenvalue weighted by molar-refractivity contribution is 5.93. The Morgan fingerprint density at radius 1 is 0.742 bits per heavy atom. The molecule has 0 saturated carbocycles. The van der Waals surface area contributed by atoms with E-state index in [0.29, 0.717) is 13.2 Å². The molecule has 0 aliphatic heterocycles. The third-order valence-corrected chi connectivity index (χ3v) is 4.18. The van der Waals surface area contributed by atoms with Gasteiger partial charge in [0, 0.05) is 11.4 Å². The van der Waals surface area contributed by atoms with Crippen molar-refractivity contribution in [1.29, 1.82) is 0 Å². The van der Waals surface area contributed by atoms with Crippen molar-refractivity contribution in [3.63, 3.8) is 0 Å². The molecule has 0 aliphatic rings. The molecular formula is C25H28N2O4. The quantitative estimate of drug-likeness (QED) is 0.428. The van der Waals surface area contributed by atoms with Gasteiger partial charge in [-0.05, 0) is 74.5 Å². The van der Waals surface area contributed by atoms with Crippen LogP contribution in [0.1, 0.15) is 13.8 Å². The second kappa shape index (κ2) is 11.5. The molecule has 0 unspecified atom stereocenters. The van der Waals surface area contributed by atoms with Crippen molar-refractivity contribution in [2.24, 2.45) is 0 Å². The van der Waals surface area contributed by atoms with Crippen LogP contribution in [0.5, 0.6) is 17.2 Å². The van der Waals surface area contributed by atoms with Crippen LogP contribution in [0.25, 0.3) is 0 Å². The minimum absolute atomic E-state index is 0.115. The van der Waals surface area contributed by atoms with Crippen LogP contribution in [0.3, 0.4) is 0 Å². The summed E-state index contributed by atoms with van der Waals surface area (Å²) >= 11 is 0. The van der Waals surface area contributed by atoms with Gasteiger partial charge >= 0.3 is 0 Å². The van der Waals surface area contributed by atoms with Crippen molar-refractivity contribution >= 4 is 17.3 Å². The minimum atomic E-state index is -0.129. The normalized spacial score (nSPS) is 10.4. The third-order valence-electron chi connectivity index (χ3n) is 4.18. The predicted molar refractivity (Wildman–Crippen MR) is 123 cm³/mol. The molecule has 0 aromatic heterocycles. The van der Waals surface area contributed by atoms with Gasteiger partial charge in [0.15, 0.2) is 0 Å². The van der Waals surface area contributed by atoms with Crippen LogP contribution in [-0.2, 0) is 4.79 Å². The van der Waals surface area contributed by atoms with Crippen LogP contribution in [0.2, 0.25) is 0 Å². The van der Waals surface area contributed by atoms with Gasteiger partial charge in [-0.1, -0.05) is 18.2 Å². The first-order valence-electron chi connectivity index (χ1n) is 10.3.